The van der Waals surface area contributed by atoms with Gasteiger partial charge < -0.3 is 15.1 Å². The van der Waals surface area contributed by atoms with Crippen molar-refractivity contribution in [1.82, 2.24) is 14.8 Å². The molecule has 3 rings (SSSR count). The quantitative estimate of drug-likeness (QED) is 0.908. The summed E-state index contributed by atoms with van der Waals surface area (Å²) in [4.78, 5) is 12.1. The number of nitrogens with one attached hydrogen (secondary N) is 1. The van der Waals surface area contributed by atoms with E-state index in [0.717, 1.165) is 30.6 Å². The maximum absolute atomic E-state index is 4.56. The fourth-order valence-corrected chi connectivity index (χ4v) is 3.37. The molecule has 2 saturated heterocycles. The predicted molar refractivity (Wildman–Crippen MR) is 88.1 cm³/mol. The summed E-state index contributed by atoms with van der Waals surface area (Å²) in [7, 11) is 4.15. The topological polar surface area (TPSA) is 34.6 Å². The first-order valence-corrected chi connectivity index (χ1v) is 8.07. The molecule has 0 spiro atoms. The van der Waals surface area contributed by atoms with Gasteiger partial charge in [0.15, 0.2) is 0 Å². The third-order valence-electron chi connectivity index (χ3n) is 4.88. The maximum Gasteiger partial charge on any atom is 0.128 e. The molecule has 2 aliphatic heterocycles. The van der Waals surface area contributed by atoms with Crippen molar-refractivity contribution in [3.63, 3.8) is 0 Å². The molecular weight excluding hydrogens is 262 g/mol. The number of nitrogens with zero attached hydrogens (tertiary/aromatic N) is 4. The van der Waals surface area contributed by atoms with Crippen molar-refractivity contribution in [3.8, 4) is 0 Å². The number of aromatic nitrogens is 1. The smallest absolute Gasteiger partial charge is 0.128 e. The first kappa shape index (κ1) is 14.6. The fourth-order valence-electron chi connectivity index (χ4n) is 3.37. The zero-order valence-corrected chi connectivity index (χ0v) is 13.3. The van der Waals surface area contributed by atoms with E-state index in [2.05, 4.69) is 44.2 Å². The van der Waals surface area contributed by atoms with Crippen molar-refractivity contribution in [1.29, 1.82) is 0 Å². The van der Waals surface area contributed by atoms with Crippen LogP contribution in [0.25, 0.3) is 0 Å². The Morgan fingerprint density at radius 1 is 1.05 bits per heavy atom. The van der Waals surface area contributed by atoms with Crippen LogP contribution in [0.3, 0.4) is 0 Å². The molecule has 21 heavy (non-hydrogen) atoms. The molecule has 3 heterocycles. The predicted octanol–water partition coefficient (Wildman–Crippen LogP) is 1.34. The SMILES string of the molecule is CNc1ccc(N2CCC(N3CCN(C)CC3)CC2)nc1. The van der Waals surface area contributed by atoms with Gasteiger partial charge in [0.25, 0.3) is 0 Å². The van der Waals surface area contributed by atoms with E-state index < -0.39 is 0 Å². The van der Waals surface area contributed by atoms with E-state index in [1.165, 1.54) is 39.0 Å². The zero-order chi connectivity index (χ0) is 14.7. The second-order valence-corrected chi connectivity index (χ2v) is 6.21. The third-order valence-corrected chi connectivity index (χ3v) is 4.88. The molecule has 0 bridgehead atoms. The second kappa shape index (κ2) is 6.62. The molecule has 2 aliphatic rings. The number of hydrogen-bond donors (Lipinski definition) is 1. The average Bonchev–Trinajstić information content (AvgIpc) is 2.56. The average molecular weight is 289 g/mol. The molecule has 0 atom stereocenters. The van der Waals surface area contributed by atoms with Crippen molar-refractivity contribution in [2.75, 3.05) is 63.6 Å². The number of likely N-dealkylation sites (N-methyl/N-ethyl adjacent to an activating group) is 1. The standard InChI is InChI=1S/C16H27N5/c1-17-14-3-4-16(18-13-14)21-7-5-15(6-8-21)20-11-9-19(2)10-12-20/h3-4,13,15,17H,5-12H2,1-2H3. The van der Waals surface area contributed by atoms with Gasteiger partial charge in [0.05, 0.1) is 11.9 Å². The summed E-state index contributed by atoms with van der Waals surface area (Å²) in [6, 6.07) is 5.00. The van der Waals surface area contributed by atoms with Crippen molar-refractivity contribution in [2.24, 2.45) is 0 Å². The van der Waals surface area contributed by atoms with Crippen LogP contribution in [0.15, 0.2) is 18.3 Å². The number of anilines is 2. The van der Waals surface area contributed by atoms with Crippen LogP contribution in [-0.2, 0) is 0 Å². The van der Waals surface area contributed by atoms with Crippen molar-refractivity contribution in [2.45, 2.75) is 18.9 Å². The van der Waals surface area contributed by atoms with Crippen LogP contribution in [0.1, 0.15) is 12.8 Å². The van der Waals surface area contributed by atoms with E-state index in [0.29, 0.717) is 0 Å². The molecule has 0 radical (unpaired) electrons. The van der Waals surface area contributed by atoms with Crippen LogP contribution in [0.2, 0.25) is 0 Å². The van der Waals surface area contributed by atoms with Crippen LogP contribution in [0, 0.1) is 0 Å². The Morgan fingerprint density at radius 2 is 1.76 bits per heavy atom. The van der Waals surface area contributed by atoms with Gasteiger partial charge in [0, 0.05) is 52.4 Å². The Bertz CT molecular complexity index is 430. The van der Waals surface area contributed by atoms with Crippen molar-refractivity contribution in [3.05, 3.63) is 18.3 Å². The van der Waals surface area contributed by atoms with Crippen LogP contribution in [-0.4, -0.2) is 74.2 Å². The van der Waals surface area contributed by atoms with Gasteiger partial charge in [-0.2, -0.15) is 0 Å². The second-order valence-electron chi connectivity index (χ2n) is 6.21. The van der Waals surface area contributed by atoms with E-state index in [-0.39, 0.29) is 0 Å². The molecule has 1 N–H and O–H groups in total. The Morgan fingerprint density at radius 3 is 2.33 bits per heavy atom. The van der Waals surface area contributed by atoms with Crippen LogP contribution < -0.4 is 10.2 Å². The minimum atomic E-state index is 0.770. The van der Waals surface area contributed by atoms with E-state index in [1.807, 2.05) is 13.2 Å². The van der Waals surface area contributed by atoms with Gasteiger partial charge in [0.2, 0.25) is 0 Å². The van der Waals surface area contributed by atoms with E-state index in [4.69, 9.17) is 0 Å². The maximum atomic E-state index is 4.56. The minimum Gasteiger partial charge on any atom is -0.387 e. The molecule has 5 nitrogen and oxygen atoms in total. The van der Waals surface area contributed by atoms with Gasteiger partial charge >= 0.3 is 0 Å². The number of rotatable bonds is 3. The molecule has 116 valence electrons. The van der Waals surface area contributed by atoms with Crippen LogP contribution in [0.4, 0.5) is 11.5 Å². The van der Waals surface area contributed by atoms with Gasteiger partial charge in [0.1, 0.15) is 5.82 Å². The number of pyridine rings is 1. The summed E-state index contributed by atoms with van der Waals surface area (Å²) >= 11 is 0. The number of piperidine rings is 1. The van der Waals surface area contributed by atoms with Crippen molar-refractivity contribution >= 4 is 11.5 Å². The summed E-state index contributed by atoms with van der Waals surface area (Å²) < 4.78 is 0. The van der Waals surface area contributed by atoms with Gasteiger partial charge in [-0.1, -0.05) is 0 Å². The van der Waals surface area contributed by atoms with Gasteiger partial charge in [-0.15, -0.1) is 0 Å². The highest BCUT2D eigenvalue weighted by Gasteiger charge is 2.26. The molecule has 1 aromatic rings. The first-order valence-electron chi connectivity index (χ1n) is 8.07. The molecular formula is C16H27N5. The van der Waals surface area contributed by atoms with Crippen LogP contribution >= 0.6 is 0 Å². The lowest BCUT2D eigenvalue weighted by molar-refractivity contribution is 0.0981. The fraction of sp³-hybridized carbons (Fsp3) is 0.688. The monoisotopic (exact) mass is 289 g/mol. The van der Waals surface area contributed by atoms with Gasteiger partial charge in [-0.25, -0.2) is 4.98 Å². The highest BCUT2D eigenvalue weighted by Crippen LogP contribution is 2.22. The lowest BCUT2D eigenvalue weighted by Crippen LogP contribution is -2.52. The molecule has 0 unspecified atom stereocenters. The Balaban J connectivity index is 1.52. The molecule has 0 saturated carbocycles. The molecule has 0 amide bonds. The van der Waals surface area contributed by atoms with E-state index >= 15 is 0 Å². The van der Waals surface area contributed by atoms with Gasteiger partial charge in [-0.05, 0) is 32.0 Å². The number of piperazine rings is 1. The van der Waals surface area contributed by atoms with E-state index in [9.17, 15) is 0 Å². The lowest BCUT2D eigenvalue weighted by Gasteiger charge is -2.42. The lowest BCUT2D eigenvalue weighted by atomic mass is 10.0. The Hall–Kier alpha value is -1.33. The molecule has 0 aromatic carbocycles. The third kappa shape index (κ3) is 3.47. The summed E-state index contributed by atoms with van der Waals surface area (Å²) in [5, 5.41) is 3.12. The van der Waals surface area contributed by atoms with E-state index in [1.54, 1.807) is 0 Å². The van der Waals surface area contributed by atoms with Crippen LogP contribution in [0.5, 0.6) is 0 Å². The summed E-state index contributed by atoms with van der Waals surface area (Å²) in [6.07, 6.45) is 4.44. The Kier molecular flexibility index (Phi) is 4.60. The largest absolute Gasteiger partial charge is 0.387 e. The van der Waals surface area contributed by atoms with Gasteiger partial charge in [-0.3, -0.25) is 4.90 Å². The summed E-state index contributed by atoms with van der Waals surface area (Å²) in [5.41, 5.74) is 1.08. The normalized spacial score (nSPS) is 22.5. The van der Waals surface area contributed by atoms with Crippen molar-refractivity contribution < 1.29 is 0 Å². The highest BCUT2D eigenvalue weighted by molar-refractivity contribution is 5.48. The molecule has 2 fully saturated rings. The zero-order valence-electron chi connectivity index (χ0n) is 13.3. The Labute approximate surface area is 127 Å². The first-order chi connectivity index (χ1) is 10.3. The molecule has 1 aromatic heterocycles. The molecule has 0 aliphatic carbocycles. The highest BCUT2D eigenvalue weighted by atomic mass is 15.3. The number of hydrogen-bond acceptors (Lipinski definition) is 5. The summed E-state index contributed by atoms with van der Waals surface area (Å²) in [6.45, 7) is 7.15. The minimum absolute atomic E-state index is 0.770. The molecule has 5 heteroatoms. The summed E-state index contributed by atoms with van der Waals surface area (Å²) in [5.74, 6) is 1.12.